The van der Waals surface area contributed by atoms with Crippen molar-refractivity contribution in [2.75, 3.05) is 6.61 Å². The first-order valence-corrected chi connectivity index (χ1v) is 19.4. The Morgan fingerprint density at radius 3 is 2.43 bits per heavy atom. The number of nitrogens with zero attached hydrogens (tertiary/aromatic N) is 3. The molecule has 0 saturated heterocycles. The van der Waals surface area contributed by atoms with E-state index in [4.69, 9.17) is 30.7 Å². The topological polar surface area (TPSA) is 63.5 Å². The fourth-order valence-electron chi connectivity index (χ4n) is 5.01. The molecule has 0 N–H and O–H groups in total. The van der Waals surface area contributed by atoms with Gasteiger partial charge in [0.25, 0.3) is 5.91 Å². The van der Waals surface area contributed by atoms with E-state index in [0.717, 1.165) is 41.0 Å². The molecule has 3 aromatic carbocycles. The number of carbonyl (C=O) groups excluding carboxylic acids is 1. The molecule has 2 aliphatic rings. The molecule has 0 saturated carbocycles. The summed E-state index contributed by atoms with van der Waals surface area (Å²) in [5, 5.41) is 0.574. The number of halogens is 1. The standard InChI is InChI=1S/C38H44ClN3O3Si/c1-7-8-9-13-21-44-35-20-19-28(22-31(35)39)24-33-37(43)42-26-34(40-32(36(42)41-33)23-27-15-11-10-12-16-27)29-17-14-18-30(25-29)45-46(5,6)38(2,3)4/h10-12,14-20,22,24-26H,7-9,13,21,23H2,1-6H3/b33-24-. The number of benzene rings is 3. The summed E-state index contributed by atoms with van der Waals surface area (Å²) in [6.45, 7) is 14.0. The van der Waals surface area contributed by atoms with Gasteiger partial charge in [0.05, 0.1) is 23.0 Å². The molecule has 240 valence electrons. The predicted octanol–water partition coefficient (Wildman–Crippen LogP) is 9.96. The number of ether oxygens (including phenoxy) is 1. The van der Waals surface area contributed by atoms with Crippen molar-refractivity contribution in [3.8, 4) is 11.5 Å². The zero-order valence-electron chi connectivity index (χ0n) is 27.8. The first-order valence-electron chi connectivity index (χ1n) is 16.1. The fourth-order valence-corrected chi connectivity index (χ4v) is 6.27. The summed E-state index contributed by atoms with van der Waals surface area (Å²) in [4.78, 5) is 25.3. The molecule has 6 nitrogen and oxygen atoms in total. The summed E-state index contributed by atoms with van der Waals surface area (Å²) in [5.41, 5.74) is 4.47. The van der Waals surface area contributed by atoms with Gasteiger partial charge in [-0.15, -0.1) is 0 Å². The Kier molecular flexibility index (Phi) is 10.3. The van der Waals surface area contributed by atoms with Crippen LogP contribution in [0.4, 0.5) is 0 Å². The molecule has 2 aliphatic heterocycles. The van der Waals surface area contributed by atoms with Crippen LogP contribution in [0.3, 0.4) is 0 Å². The van der Waals surface area contributed by atoms with E-state index in [2.05, 4.69) is 52.9 Å². The average molecular weight is 654 g/mol. The molecule has 3 aromatic rings. The molecule has 0 aromatic heterocycles. The van der Waals surface area contributed by atoms with Gasteiger partial charge < -0.3 is 9.16 Å². The lowest BCUT2D eigenvalue weighted by Gasteiger charge is -2.36. The van der Waals surface area contributed by atoms with Gasteiger partial charge in [-0.25, -0.2) is 9.98 Å². The predicted molar refractivity (Wildman–Crippen MR) is 193 cm³/mol. The van der Waals surface area contributed by atoms with Crippen LogP contribution in [0.2, 0.25) is 23.2 Å². The number of hydrogen-bond donors (Lipinski definition) is 0. The molecule has 0 unspecified atom stereocenters. The number of amidine groups is 1. The van der Waals surface area contributed by atoms with Crippen LogP contribution in [0.1, 0.15) is 70.1 Å². The number of fused-ring (bicyclic) bond motifs is 1. The van der Waals surface area contributed by atoms with Gasteiger partial charge in [0.15, 0.2) is 5.84 Å². The van der Waals surface area contributed by atoms with Gasteiger partial charge >= 0.3 is 0 Å². The van der Waals surface area contributed by atoms with E-state index in [1.807, 2.05) is 60.7 Å². The van der Waals surface area contributed by atoms with Crippen molar-refractivity contribution in [3.63, 3.8) is 0 Å². The molecule has 2 heterocycles. The molecule has 0 radical (unpaired) electrons. The number of hydrogen-bond acceptors (Lipinski definition) is 5. The van der Waals surface area contributed by atoms with E-state index >= 15 is 0 Å². The van der Waals surface area contributed by atoms with E-state index in [0.29, 0.717) is 41.0 Å². The summed E-state index contributed by atoms with van der Waals surface area (Å²) in [5.74, 6) is 1.78. The summed E-state index contributed by atoms with van der Waals surface area (Å²) in [7, 11) is -2.04. The van der Waals surface area contributed by atoms with Gasteiger partial charge in [0, 0.05) is 18.2 Å². The van der Waals surface area contributed by atoms with Crippen LogP contribution in [0, 0.1) is 0 Å². The minimum absolute atomic E-state index is 0.0655. The van der Waals surface area contributed by atoms with Crippen LogP contribution < -0.4 is 9.16 Å². The van der Waals surface area contributed by atoms with E-state index in [9.17, 15) is 4.79 Å². The molecular formula is C38H44ClN3O3Si. The van der Waals surface area contributed by atoms with E-state index < -0.39 is 8.32 Å². The highest BCUT2D eigenvalue weighted by Crippen LogP contribution is 2.38. The average Bonchev–Trinajstić information content (AvgIpc) is 3.32. The third-order valence-electron chi connectivity index (χ3n) is 8.70. The highest BCUT2D eigenvalue weighted by Gasteiger charge is 2.39. The van der Waals surface area contributed by atoms with Crippen molar-refractivity contribution in [2.24, 2.45) is 9.98 Å². The van der Waals surface area contributed by atoms with Gasteiger partial charge in [0.1, 0.15) is 17.2 Å². The number of amides is 1. The quantitative estimate of drug-likeness (QED) is 0.111. The van der Waals surface area contributed by atoms with E-state index in [1.165, 1.54) is 12.8 Å². The van der Waals surface area contributed by atoms with Crippen LogP contribution in [0.15, 0.2) is 94.7 Å². The minimum Gasteiger partial charge on any atom is -0.543 e. The highest BCUT2D eigenvalue weighted by atomic mass is 35.5. The molecular weight excluding hydrogens is 610 g/mol. The van der Waals surface area contributed by atoms with E-state index in [-0.39, 0.29) is 10.9 Å². The largest absolute Gasteiger partial charge is 0.543 e. The normalized spacial score (nSPS) is 15.8. The second kappa shape index (κ2) is 14.2. The molecule has 0 atom stereocenters. The Bertz CT molecular complexity index is 1700. The lowest BCUT2D eigenvalue weighted by atomic mass is 10.0. The molecule has 5 rings (SSSR count). The zero-order chi connectivity index (χ0) is 32.9. The summed E-state index contributed by atoms with van der Waals surface area (Å²) in [6.07, 6.45) is 8.60. The first-order chi connectivity index (χ1) is 21.9. The second-order valence-electron chi connectivity index (χ2n) is 13.4. The lowest BCUT2D eigenvalue weighted by molar-refractivity contribution is -0.120. The molecule has 0 aliphatic carbocycles. The third-order valence-corrected chi connectivity index (χ3v) is 13.3. The minimum atomic E-state index is -2.04. The fraction of sp³-hybridized carbons (Fsp3) is 0.342. The van der Waals surface area contributed by atoms with Gasteiger partial charge in [-0.2, -0.15) is 0 Å². The van der Waals surface area contributed by atoms with Crippen LogP contribution >= 0.6 is 11.6 Å². The van der Waals surface area contributed by atoms with Crippen LogP contribution in [-0.2, 0) is 11.2 Å². The smallest absolute Gasteiger partial charge is 0.282 e. The molecule has 1 amide bonds. The van der Waals surface area contributed by atoms with Crippen LogP contribution in [0.5, 0.6) is 11.5 Å². The van der Waals surface area contributed by atoms with Gasteiger partial charge in [0.2, 0.25) is 8.32 Å². The van der Waals surface area contributed by atoms with Crippen LogP contribution in [-0.4, -0.2) is 37.3 Å². The second-order valence-corrected chi connectivity index (χ2v) is 18.5. The van der Waals surface area contributed by atoms with Crippen molar-refractivity contribution in [3.05, 3.63) is 106 Å². The van der Waals surface area contributed by atoms with Crippen LogP contribution in [0.25, 0.3) is 11.8 Å². The Hall–Kier alpha value is -3.94. The first kappa shape index (κ1) is 33.4. The summed E-state index contributed by atoms with van der Waals surface area (Å²) < 4.78 is 12.5. The molecule has 0 bridgehead atoms. The molecule has 0 spiro atoms. The highest BCUT2D eigenvalue weighted by molar-refractivity contribution is 6.74. The maximum atomic E-state index is 13.8. The Morgan fingerprint density at radius 1 is 0.935 bits per heavy atom. The number of rotatable bonds is 12. The Morgan fingerprint density at radius 2 is 1.72 bits per heavy atom. The maximum Gasteiger partial charge on any atom is 0.282 e. The van der Waals surface area contributed by atoms with Crippen molar-refractivity contribution in [1.82, 2.24) is 4.90 Å². The van der Waals surface area contributed by atoms with Gasteiger partial charge in [-0.3, -0.25) is 9.69 Å². The van der Waals surface area contributed by atoms with Crippen molar-refractivity contribution in [2.45, 2.75) is 77.9 Å². The number of carbonyl (C=O) groups is 1. The Balaban J connectivity index is 1.44. The van der Waals surface area contributed by atoms with Gasteiger partial charge in [-0.05, 0) is 66.0 Å². The molecule has 46 heavy (non-hydrogen) atoms. The number of aliphatic imine (C=N–C) groups is 2. The summed E-state index contributed by atoms with van der Waals surface area (Å²) in [6, 6.07) is 23.7. The molecule has 8 heteroatoms. The zero-order valence-corrected chi connectivity index (χ0v) is 29.5. The SMILES string of the molecule is CCCCCCOc1ccc(/C=C2\N=C3C(Cc4ccccc4)=NC(c4cccc(O[Si](C)(C)C(C)(C)C)c4)=CN3C2=O)cc1Cl. The van der Waals surface area contributed by atoms with Crippen molar-refractivity contribution < 1.29 is 14.0 Å². The number of unbranched alkanes of at least 4 members (excludes halogenated alkanes) is 3. The molecule has 0 fully saturated rings. The Labute approximate surface area is 279 Å². The van der Waals surface area contributed by atoms with Crippen molar-refractivity contribution in [1.29, 1.82) is 0 Å². The third kappa shape index (κ3) is 7.88. The van der Waals surface area contributed by atoms with Gasteiger partial charge in [-0.1, -0.05) is 107 Å². The lowest BCUT2D eigenvalue weighted by Crippen LogP contribution is -2.43. The summed E-state index contributed by atoms with van der Waals surface area (Å²) >= 11 is 6.57. The van der Waals surface area contributed by atoms with E-state index in [1.54, 1.807) is 17.2 Å². The maximum absolute atomic E-state index is 13.8. The monoisotopic (exact) mass is 653 g/mol. The van der Waals surface area contributed by atoms with Crippen molar-refractivity contribution >= 4 is 49.1 Å².